The lowest BCUT2D eigenvalue weighted by Crippen LogP contribution is -2.34. The molecule has 1 atom stereocenters. The molecule has 1 amide bonds. The van der Waals surface area contributed by atoms with Crippen LogP contribution < -0.4 is 9.62 Å². The lowest BCUT2D eigenvalue weighted by molar-refractivity contribution is -0.116. The van der Waals surface area contributed by atoms with E-state index in [-0.39, 0.29) is 10.8 Å². The van der Waals surface area contributed by atoms with E-state index in [0.29, 0.717) is 12.5 Å². The Bertz CT molecular complexity index is 1200. The van der Waals surface area contributed by atoms with Gasteiger partial charge in [0, 0.05) is 24.0 Å². The van der Waals surface area contributed by atoms with Gasteiger partial charge in [-0.2, -0.15) is 4.72 Å². The van der Waals surface area contributed by atoms with Crippen molar-refractivity contribution in [3.8, 4) is 0 Å². The molecular formula is C25H28N2O3S2. The molecule has 4 rings (SSSR count). The lowest BCUT2D eigenvalue weighted by atomic mass is 9.99. The fourth-order valence-corrected chi connectivity index (χ4v) is 6.24. The Morgan fingerprint density at radius 1 is 1.06 bits per heavy atom. The Hall–Kier alpha value is -2.48. The molecule has 0 aliphatic carbocycles. The van der Waals surface area contributed by atoms with Crippen LogP contribution in [0.15, 0.2) is 64.9 Å². The number of benzene rings is 2. The zero-order valence-electron chi connectivity index (χ0n) is 18.5. The van der Waals surface area contributed by atoms with Crippen LogP contribution in [0.4, 0.5) is 5.69 Å². The maximum Gasteiger partial charge on any atom is 0.241 e. The van der Waals surface area contributed by atoms with Crippen molar-refractivity contribution in [2.24, 2.45) is 0 Å². The Morgan fingerprint density at radius 2 is 1.78 bits per heavy atom. The van der Waals surface area contributed by atoms with Gasteiger partial charge in [-0.15, -0.1) is 11.3 Å². The molecule has 1 aliphatic heterocycles. The van der Waals surface area contributed by atoms with Crippen molar-refractivity contribution in [3.05, 3.63) is 81.5 Å². The summed E-state index contributed by atoms with van der Waals surface area (Å²) >= 11 is 1.53. The van der Waals surface area contributed by atoms with Crippen LogP contribution in [-0.4, -0.2) is 20.9 Å². The smallest absolute Gasteiger partial charge is 0.241 e. The van der Waals surface area contributed by atoms with Crippen LogP contribution in [0.25, 0.3) is 0 Å². The summed E-state index contributed by atoms with van der Waals surface area (Å²) in [6.45, 7) is 6.48. The van der Waals surface area contributed by atoms with Gasteiger partial charge in [0.2, 0.25) is 15.9 Å². The third-order valence-electron chi connectivity index (χ3n) is 5.90. The highest BCUT2D eigenvalue weighted by Crippen LogP contribution is 2.32. The largest absolute Gasteiger partial charge is 0.312 e. The first-order valence-corrected chi connectivity index (χ1v) is 13.2. The standard InChI is InChI=1S/C25H28N2O3S2/c1-17(2)19-8-10-20(11-9-19)25(24-7-5-15-31-24)26-32(29,30)22-12-13-23-21(16-22)6-4-14-27(23)18(3)28/h5,7-13,15-17,25-26H,4,6,14H2,1-3H3. The number of amides is 1. The second kappa shape index (κ2) is 9.17. The van der Waals surface area contributed by atoms with Crippen LogP contribution in [0.3, 0.4) is 0 Å². The van der Waals surface area contributed by atoms with Gasteiger partial charge in [-0.25, -0.2) is 8.42 Å². The molecule has 0 saturated heterocycles. The number of fused-ring (bicyclic) bond motifs is 1. The van der Waals surface area contributed by atoms with Gasteiger partial charge >= 0.3 is 0 Å². The fraction of sp³-hybridized carbons (Fsp3) is 0.320. The van der Waals surface area contributed by atoms with Gasteiger partial charge in [-0.1, -0.05) is 44.2 Å². The molecular weight excluding hydrogens is 440 g/mol. The summed E-state index contributed by atoms with van der Waals surface area (Å²) in [4.78, 5) is 14.8. The van der Waals surface area contributed by atoms with Crippen molar-refractivity contribution >= 4 is 33.0 Å². The second-order valence-corrected chi connectivity index (χ2v) is 11.1. The highest BCUT2D eigenvalue weighted by molar-refractivity contribution is 7.89. The minimum absolute atomic E-state index is 0.0257. The summed E-state index contributed by atoms with van der Waals surface area (Å²) < 4.78 is 29.7. The number of carbonyl (C=O) groups is 1. The molecule has 1 unspecified atom stereocenters. The average Bonchev–Trinajstić information content (AvgIpc) is 3.31. The highest BCUT2D eigenvalue weighted by Gasteiger charge is 2.26. The van der Waals surface area contributed by atoms with Gasteiger partial charge in [0.15, 0.2) is 0 Å². The molecule has 1 N–H and O–H groups in total. The number of sulfonamides is 1. The van der Waals surface area contributed by atoms with E-state index in [1.165, 1.54) is 23.8 Å². The molecule has 0 fully saturated rings. The van der Waals surface area contributed by atoms with Crippen molar-refractivity contribution in [1.82, 2.24) is 4.72 Å². The molecule has 0 spiro atoms. The molecule has 2 aromatic carbocycles. The van der Waals surface area contributed by atoms with Crippen LogP contribution >= 0.6 is 11.3 Å². The van der Waals surface area contributed by atoms with Gasteiger partial charge in [-0.05, 0) is 65.1 Å². The molecule has 0 saturated carbocycles. The zero-order valence-corrected chi connectivity index (χ0v) is 20.2. The number of nitrogens with zero attached hydrogens (tertiary/aromatic N) is 1. The van der Waals surface area contributed by atoms with Crippen LogP contribution in [0.1, 0.15) is 60.7 Å². The van der Waals surface area contributed by atoms with Crippen molar-refractivity contribution < 1.29 is 13.2 Å². The Balaban J connectivity index is 1.67. The summed E-state index contributed by atoms with van der Waals surface area (Å²) in [7, 11) is -3.78. The molecule has 0 radical (unpaired) electrons. The number of hydrogen-bond acceptors (Lipinski definition) is 4. The van der Waals surface area contributed by atoms with E-state index in [9.17, 15) is 13.2 Å². The van der Waals surface area contributed by atoms with E-state index in [1.807, 2.05) is 29.6 Å². The zero-order chi connectivity index (χ0) is 22.9. The van der Waals surface area contributed by atoms with Crippen molar-refractivity contribution in [2.75, 3.05) is 11.4 Å². The molecule has 32 heavy (non-hydrogen) atoms. The quantitative estimate of drug-likeness (QED) is 0.538. The predicted molar refractivity (Wildman–Crippen MR) is 130 cm³/mol. The number of rotatable bonds is 6. The molecule has 3 aromatic rings. The Kier molecular flexibility index (Phi) is 6.51. The summed E-state index contributed by atoms with van der Waals surface area (Å²) in [5.74, 6) is 0.383. The van der Waals surface area contributed by atoms with Crippen LogP contribution in [0.2, 0.25) is 0 Å². The number of hydrogen-bond donors (Lipinski definition) is 1. The number of nitrogens with one attached hydrogen (secondary N) is 1. The monoisotopic (exact) mass is 468 g/mol. The van der Waals surface area contributed by atoms with Crippen LogP contribution in [0.5, 0.6) is 0 Å². The summed E-state index contributed by atoms with van der Waals surface area (Å²) in [5.41, 5.74) is 3.82. The van der Waals surface area contributed by atoms with Crippen LogP contribution in [-0.2, 0) is 21.2 Å². The minimum atomic E-state index is -3.78. The van der Waals surface area contributed by atoms with Gasteiger partial charge in [0.1, 0.15) is 0 Å². The number of anilines is 1. The lowest BCUT2D eigenvalue weighted by Gasteiger charge is -2.29. The number of aryl methyl sites for hydroxylation is 1. The third-order valence-corrected chi connectivity index (χ3v) is 8.25. The Labute approximate surface area is 194 Å². The number of carbonyl (C=O) groups excluding carboxylic acids is 1. The van der Waals surface area contributed by atoms with Gasteiger partial charge in [0.05, 0.1) is 10.9 Å². The van der Waals surface area contributed by atoms with Crippen molar-refractivity contribution in [1.29, 1.82) is 0 Å². The average molecular weight is 469 g/mol. The van der Waals surface area contributed by atoms with E-state index in [0.717, 1.165) is 34.5 Å². The van der Waals surface area contributed by atoms with Gasteiger partial charge < -0.3 is 4.90 Å². The highest BCUT2D eigenvalue weighted by atomic mass is 32.2. The molecule has 168 valence electrons. The predicted octanol–water partition coefficient (Wildman–Crippen LogP) is 5.24. The minimum Gasteiger partial charge on any atom is -0.312 e. The van der Waals surface area contributed by atoms with Gasteiger partial charge in [0.25, 0.3) is 0 Å². The summed E-state index contributed by atoms with van der Waals surface area (Å²) in [6, 6.07) is 16.6. The third kappa shape index (κ3) is 4.65. The first kappa shape index (κ1) is 22.7. The van der Waals surface area contributed by atoms with E-state index in [1.54, 1.807) is 23.1 Å². The maximum absolute atomic E-state index is 13.4. The Morgan fingerprint density at radius 3 is 2.41 bits per heavy atom. The molecule has 0 bridgehead atoms. The SMILES string of the molecule is CC(=O)N1CCCc2cc(S(=O)(=O)NC(c3ccc(C(C)C)cc3)c3cccs3)ccc21. The summed E-state index contributed by atoms with van der Waals surface area (Å²) in [5, 5.41) is 1.95. The normalized spacial score (nSPS) is 14.9. The first-order chi connectivity index (χ1) is 15.3. The fourth-order valence-electron chi connectivity index (χ4n) is 4.11. The second-order valence-electron chi connectivity index (χ2n) is 8.46. The van der Waals surface area contributed by atoms with E-state index >= 15 is 0 Å². The molecule has 7 heteroatoms. The maximum atomic E-state index is 13.4. The van der Waals surface area contributed by atoms with Crippen LogP contribution in [0, 0.1) is 0 Å². The van der Waals surface area contributed by atoms with E-state index < -0.39 is 16.1 Å². The molecule has 1 aromatic heterocycles. The molecule has 2 heterocycles. The molecule has 1 aliphatic rings. The van der Waals surface area contributed by atoms with E-state index in [4.69, 9.17) is 0 Å². The first-order valence-electron chi connectivity index (χ1n) is 10.8. The molecule has 5 nitrogen and oxygen atoms in total. The topological polar surface area (TPSA) is 66.5 Å². The van der Waals surface area contributed by atoms with E-state index in [2.05, 4.69) is 30.7 Å². The van der Waals surface area contributed by atoms with Crippen molar-refractivity contribution in [3.63, 3.8) is 0 Å². The van der Waals surface area contributed by atoms with Gasteiger partial charge in [-0.3, -0.25) is 4.79 Å². The summed E-state index contributed by atoms with van der Waals surface area (Å²) in [6.07, 6.45) is 1.58. The van der Waals surface area contributed by atoms with Crippen molar-refractivity contribution in [2.45, 2.75) is 50.5 Å². The number of thiophene rings is 1.